The quantitative estimate of drug-likeness (QED) is 0.354. The first-order valence-electron chi connectivity index (χ1n) is 11.6. The fourth-order valence-electron chi connectivity index (χ4n) is 3.98. The first-order chi connectivity index (χ1) is 17.2. The number of hydrogen-bond acceptors (Lipinski definition) is 7. The summed E-state index contributed by atoms with van der Waals surface area (Å²) in [6.45, 7) is 4.82. The highest BCUT2D eigenvalue weighted by atomic mass is 32.2. The lowest BCUT2D eigenvalue weighted by molar-refractivity contribution is -0.113. The van der Waals surface area contributed by atoms with Gasteiger partial charge in [0.05, 0.1) is 31.8 Å². The smallest absolute Gasteiger partial charge is 0.234 e. The van der Waals surface area contributed by atoms with Crippen molar-refractivity contribution in [1.82, 2.24) is 19.7 Å². The average molecular weight is 490 g/mol. The van der Waals surface area contributed by atoms with Crippen LogP contribution in [0.3, 0.4) is 0 Å². The molecule has 2 aromatic heterocycles. The fraction of sp³-hybridized carbons (Fsp3) is 0.269. The van der Waals surface area contributed by atoms with Crippen molar-refractivity contribution in [2.24, 2.45) is 0 Å². The number of nitrogens with one attached hydrogen (secondary N) is 1. The Balaban J connectivity index is 1.24. The minimum absolute atomic E-state index is 0.0904. The number of aromatic nitrogens is 3. The van der Waals surface area contributed by atoms with E-state index in [0.717, 1.165) is 44.1 Å². The molecule has 0 radical (unpaired) electrons. The predicted octanol–water partition coefficient (Wildman–Crippen LogP) is 4.15. The van der Waals surface area contributed by atoms with Crippen molar-refractivity contribution in [1.29, 1.82) is 0 Å². The standard InChI is InChI=1S/C26H27N5O3S/c32-24(27-22-9-4-8-21(16-22)17-30-11-14-33-15-12-30)19-35-26-29-28-25(23-10-5-13-34-23)31(26)18-20-6-2-1-3-7-20/h1-10,13,16H,11-12,14-15,17-19H2,(H,27,32). The van der Waals surface area contributed by atoms with E-state index in [0.29, 0.717) is 23.3 Å². The second-order valence-electron chi connectivity index (χ2n) is 8.28. The molecule has 1 fully saturated rings. The van der Waals surface area contributed by atoms with Crippen molar-refractivity contribution in [3.8, 4) is 11.6 Å². The van der Waals surface area contributed by atoms with Crippen LogP contribution >= 0.6 is 11.8 Å². The number of carbonyl (C=O) groups excluding carboxylic acids is 1. The third-order valence-corrected chi connectivity index (χ3v) is 6.66. The van der Waals surface area contributed by atoms with Crippen molar-refractivity contribution < 1.29 is 13.9 Å². The van der Waals surface area contributed by atoms with Gasteiger partial charge in [0.15, 0.2) is 10.9 Å². The molecule has 8 nitrogen and oxygen atoms in total. The Morgan fingerprint density at radius 2 is 1.77 bits per heavy atom. The Morgan fingerprint density at radius 1 is 0.943 bits per heavy atom. The molecule has 35 heavy (non-hydrogen) atoms. The summed E-state index contributed by atoms with van der Waals surface area (Å²) in [5, 5.41) is 12.4. The van der Waals surface area contributed by atoms with Gasteiger partial charge >= 0.3 is 0 Å². The number of furan rings is 1. The maximum atomic E-state index is 12.8. The van der Waals surface area contributed by atoms with Crippen molar-refractivity contribution in [2.75, 3.05) is 37.4 Å². The molecule has 0 unspecified atom stereocenters. The van der Waals surface area contributed by atoms with Gasteiger partial charge in [-0.2, -0.15) is 0 Å². The summed E-state index contributed by atoms with van der Waals surface area (Å²) >= 11 is 1.36. The zero-order valence-electron chi connectivity index (χ0n) is 19.3. The summed E-state index contributed by atoms with van der Waals surface area (Å²) in [6, 6.07) is 21.8. The van der Waals surface area contributed by atoms with E-state index >= 15 is 0 Å². The largest absolute Gasteiger partial charge is 0.461 e. The van der Waals surface area contributed by atoms with Gasteiger partial charge in [-0.15, -0.1) is 10.2 Å². The molecule has 1 amide bonds. The number of nitrogens with zero attached hydrogens (tertiary/aromatic N) is 4. The lowest BCUT2D eigenvalue weighted by atomic mass is 10.2. The van der Waals surface area contributed by atoms with E-state index in [1.165, 1.54) is 17.3 Å². The van der Waals surface area contributed by atoms with Crippen molar-refractivity contribution in [3.05, 3.63) is 84.1 Å². The molecule has 0 aliphatic carbocycles. The van der Waals surface area contributed by atoms with Gasteiger partial charge in [-0.1, -0.05) is 54.2 Å². The molecule has 5 rings (SSSR count). The monoisotopic (exact) mass is 489 g/mol. The number of morpholine rings is 1. The van der Waals surface area contributed by atoms with Crippen LogP contribution in [0.15, 0.2) is 82.6 Å². The van der Waals surface area contributed by atoms with Gasteiger partial charge < -0.3 is 14.5 Å². The van der Waals surface area contributed by atoms with Gasteiger partial charge in [-0.25, -0.2) is 0 Å². The van der Waals surface area contributed by atoms with Crippen molar-refractivity contribution >= 4 is 23.4 Å². The normalized spacial score (nSPS) is 14.2. The molecule has 9 heteroatoms. The Morgan fingerprint density at radius 3 is 2.57 bits per heavy atom. The minimum atomic E-state index is -0.0904. The molecule has 1 aliphatic heterocycles. The summed E-state index contributed by atoms with van der Waals surface area (Å²) < 4.78 is 13.0. The SMILES string of the molecule is O=C(CSc1nnc(-c2ccco2)n1Cc1ccccc1)Nc1cccc(CN2CCOCC2)c1. The number of thioether (sulfide) groups is 1. The van der Waals surface area contributed by atoms with E-state index < -0.39 is 0 Å². The summed E-state index contributed by atoms with van der Waals surface area (Å²) in [5.41, 5.74) is 3.08. The van der Waals surface area contributed by atoms with Gasteiger partial charge in [-0.3, -0.25) is 14.3 Å². The highest BCUT2D eigenvalue weighted by Crippen LogP contribution is 2.26. The third-order valence-electron chi connectivity index (χ3n) is 5.69. The Bertz CT molecular complexity index is 1240. The molecule has 0 saturated carbocycles. The van der Waals surface area contributed by atoms with E-state index in [2.05, 4.69) is 38.6 Å². The van der Waals surface area contributed by atoms with Gasteiger partial charge in [-0.05, 0) is 35.4 Å². The molecule has 0 spiro atoms. The first kappa shape index (κ1) is 23.3. The second-order valence-corrected chi connectivity index (χ2v) is 9.22. The van der Waals surface area contributed by atoms with Crippen LogP contribution in [0.4, 0.5) is 5.69 Å². The number of hydrogen-bond donors (Lipinski definition) is 1. The Hall–Kier alpha value is -3.40. The van der Waals surface area contributed by atoms with Crippen LogP contribution in [0.5, 0.6) is 0 Å². The maximum Gasteiger partial charge on any atom is 0.234 e. The number of anilines is 1. The van der Waals surface area contributed by atoms with Crippen LogP contribution < -0.4 is 5.32 Å². The number of ether oxygens (including phenoxy) is 1. The van der Waals surface area contributed by atoms with Crippen LogP contribution in [0, 0.1) is 0 Å². The van der Waals surface area contributed by atoms with Crippen LogP contribution in [0.1, 0.15) is 11.1 Å². The lowest BCUT2D eigenvalue weighted by Crippen LogP contribution is -2.35. The summed E-state index contributed by atoms with van der Waals surface area (Å²) in [7, 11) is 0. The molecule has 2 aromatic carbocycles. The first-order valence-corrected chi connectivity index (χ1v) is 12.6. The zero-order valence-corrected chi connectivity index (χ0v) is 20.1. The molecule has 1 saturated heterocycles. The lowest BCUT2D eigenvalue weighted by Gasteiger charge is -2.26. The van der Waals surface area contributed by atoms with Crippen LogP contribution in [-0.2, 0) is 22.6 Å². The van der Waals surface area contributed by atoms with Gasteiger partial charge in [0.25, 0.3) is 0 Å². The topological polar surface area (TPSA) is 85.4 Å². The van der Waals surface area contributed by atoms with Crippen LogP contribution in [0.2, 0.25) is 0 Å². The molecular weight excluding hydrogens is 462 g/mol. The molecule has 1 aliphatic rings. The van der Waals surface area contributed by atoms with Crippen molar-refractivity contribution in [2.45, 2.75) is 18.2 Å². The molecule has 4 aromatic rings. The van der Waals surface area contributed by atoms with E-state index in [1.54, 1.807) is 6.26 Å². The minimum Gasteiger partial charge on any atom is -0.461 e. The number of amides is 1. The third kappa shape index (κ3) is 6.19. The average Bonchev–Trinajstić information content (AvgIpc) is 3.54. The Labute approximate surface area is 208 Å². The number of benzene rings is 2. The van der Waals surface area contributed by atoms with E-state index in [1.807, 2.05) is 53.1 Å². The van der Waals surface area contributed by atoms with Gasteiger partial charge in [0.2, 0.25) is 11.7 Å². The summed E-state index contributed by atoms with van der Waals surface area (Å²) in [4.78, 5) is 15.1. The van der Waals surface area contributed by atoms with Crippen LogP contribution in [-0.4, -0.2) is 57.6 Å². The number of rotatable bonds is 9. The molecule has 180 valence electrons. The van der Waals surface area contributed by atoms with Gasteiger partial charge in [0.1, 0.15) is 0 Å². The van der Waals surface area contributed by atoms with E-state index in [4.69, 9.17) is 9.15 Å². The zero-order chi connectivity index (χ0) is 23.9. The summed E-state index contributed by atoms with van der Waals surface area (Å²) in [6.07, 6.45) is 1.62. The molecular formula is C26H27N5O3S. The van der Waals surface area contributed by atoms with Crippen LogP contribution in [0.25, 0.3) is 11.6 Å². The highest BCUT2D eigenvalue weighted by Gasteiger charge is 2.18. The summed E-state index contributed by atoms with van der Waals surface area (Å²) in [5.74, 6) is 1.41. The predicted molar refractivity (Wildman–Crippen MR) is 135 cm³/mol. The van der Waals surface area contributed by atoms with Crippen molar-refractivity contribution in [3.63, 3.8) is 0 Å². The maximum absolute atomic E-state index is 12.8. The molecule has 0 bridgehead atoms. The molecule has 1 N–H and O–H groups in total. The highest BCUT2D eigenvalue weighted by molar-refractivity contribution is 7.99. The molecule has 0 atom stereocenters. The number of carbonyl (C=O) groups is 1. The fourth-order valence-corrected chi connectivity index (χ4v) is 4.72. The van der Waals surface area contributed by atoms with Gasteiger partial charge in [0, 0.05) is 25.3 Å². The van der Waals surface area contributed by atoms with E-state index in [-0.39, 0.29) is 11.7 Å². The Kier molecular flexibility index (Phi) is 7.57. The second kappa shape index (κ2) is 11.4. The molecule has 3 heterocycles. The van der Waals surface area contributed by atoms with E-state index in [9.17, 15) is 4.79 Å².